The number of anilines is 2. The van der Waals surface area contributed by atoms with Crippen LogP contribution in [0.25, 0.3) is 22.4 Å². The molecule has 0 bridgehead atoms. The minimum Gasteiger partial charge on any atom is -0.378 e. The molecule has 3 N–H and O–H groups in total. The SMILES string of the molecule is C=CC(=O)NC1CCCN(Cc2ccnc(C(=O)Nc3ccc(-c4cc5c(N6CCOCC6)ncnc5[nH]4)nc3)c2)C1. The van der Waals surface area contributed by atoms with E-state index in [4.69, 9.17) is 4.74 Å². The van der Waals surface area contributed by atoms with Crippen LogP contribution in [0.1, 0.15) is 28.9 Å². The molecule has 4 aromatic heterocycles. The molecule has 0 saturated carbocycles. The molecule has 6 rings (SSSR count). The van der Waals surface area contributed by atoms with Crippen molar-refractivity contribution in [2.75, 3.05) is 49.6 Å². The van der Waals surface area contributed by atoms with E-state index in [1.165, 1.54) is 6.08 Å². The van der Waals surface area contributed by atoms with Gasteiger partial charge in [0, 0.05) is 38.4 Å². The molecule has 12 heteroatoms. The lowest BCUT2D eigenvalue weighted by atomic mass is 10.0. The number of hydrogen-bond acceptors (Lipinski definition) is 9. The highest BCUT2D eigenvalue weighted by Gasteiger charge is 2.22. The second kappa shape index (κ2) is 12.5. The van der Waals surface area contributed by atoms with E-state index < -0.39 is 0 Å². The monoisotopic (exact) mass is 567 g/mol. The summed E-state index contributed by atoms with van der Waals surface area (Å²) in [5.74, 6) is 0.418. The Bertz CT molecular complexity index is 1580. The van der Waals surface area contributed by atoms with Crippen molar-refractivity contribution in [2.45, 2.75) is 25.4 Å². The number of nitrogens with zero attached hydrogens (tertiary/aromatic N) is 6. The maximum absolute atomic E-state index is 13.0. The number of piperidine rings is 1. The molecular formula is C30H33N9O3. The largest absolute Gasteiger partial charge is 0.378 e. The van der Waals surface area contributed by atoms with Crippen molar-refractivity contribution in [1.29, 1.82) is 0 Å². The maximum Gasteiger partial charge on any atom is 0.274 e. The zero-order valence-corrected chi connectivity index (χ0v) is 23.3. The summed E-state index contributed by atoms with van der Waals surface area (Å²) in [6.07, 6.45) is 8.07. The van der Waals surface area contributed by atoms with E-state index in [1.807, 2.05) is 24.3 Å². The van der Waals surface area contributed by atoms with Crippen molar-refractivity contribution >= 4 is 34.4 Å². The normalized spacial score (nSPS) is 17.6. The van der Waals surface area contributed by atoms with Crippen LogP contribution in [-0.4, -0.2) is 87.1 Å². The molecule has 2 fully saturated rings. The third kappa shape index (κ3) is 6.29. The molecule has 2 aliphatic rings. The Balaban J connectivity index is 1.10. The minimum atomic E-state index is -0.308. The number of amides is 2. The van der Waals surface area contributed by atoms with Crippen molar-refractivity contribution in [3.05, 3.63) is 73.0 Å². The number of H-pyrrole nitrogens is 1. The van der Waals surface area contributed by atoms with Gasteiger partial charge in [0.1, 0.15) is 23.5 Å². The van der Waals surface area contributed by atoms with E-state index in [0.717, 1.165) is 72.8 Å². The number of pyridine rings is 2. The van der Waals surface area contributed by atoms with Gasteiger partial charge in [-0.2, -0.15) is 0 Å². The third-order valence-corrected chi connectivity index (χ3v) is 7.51. The van der Waals surface area contributed by atoms with Crippen molar-refractivity contribution < 1.29 is 14.3 Å². The fraction of sp³-hybridized carbons (Fsp3) is 0.333. The van der Waals surface area contributed by atoms with Crippen LogP contribution < -0.4 is 15.5 Å². The van der Waals surface area contributed by atoms with Crippen molar-refractivity contribution in [3.8, 4) is 11.4 Å². The van der Waals surface area contributed by atoms with Gasteiger partial charge in [-0.15, -0.1) is 0 Å². The first kappa shape index (κ1) is 27.5. The first-order chi connectivity index (χ1) is 20.6. The number of fused-ring (bicyclic) bond motifs is 1. The number of aromatic amines is 1. The quantitative estimate of drug-likeness (QED) is 0.274. The number of carbonyl (C=O) groups excluding carboxylic acids is 2. The van der Waals surface area contributed by atoms with Crippen LogP contribution >= 0.6 is 0 Å². The number of rotatable bonds is 8. The Morgan fingerprint density at radius 1 is 1.10 bits per heavy atom. The molecular weight excluding hydrogens is 534 g/mol. The number of nitrogens with one attached hydrogen (secondary N) is 3. The van der Waals surface area contributed by atoms with Crippen LogP contribution in [0.4, 0.5) is 11.5 Å². The zero-order valence-electron chi connectivity index (χ0n) is 23.3. The summed E-state index contributed by atoms with van der Waals surface area (Å²) in [6.45, 7) is 8.79. The smallest absolute Gasteiger partial charge is 0.274 e. The number of carbonyl (C=O) groups is 2. The van der Waals surface area contributed by atoms with Gasteiger partial charge in [0.05, 0.1) is 41.9 Å². The first-order valence-electron chi connectivity index (χ1n) is 14.1. The molecule has 0 radical (unpaired) electrons. The summed E-state index contributed by atoms with van der Waals surface area (Å²) in [6, 6.07) is 9.48. The van der Waals surface area contributed by atoms with Gasteiger partial charge in [0.15, 0.2) is 0 Å². The van der Waals surface area contributed by atoms with Gasteiger partial charge in [-0.25, -0.2) is 9.97 Å². The molecule has 4 aromatic rings. The highest BCUT2D eigenvalue weighted by atomic mass is 16.5. The molecule has 0 spiro atoms. The molecule has 0 aromatic carbocycles. The van der Waals surface area contributed by atoms with Crippen molar-refractivity contribution in [1.82, 2.24) is 35.1 Å². The van der Waals surface area contributed by atoms with E-state index >= 15 is 0 Å². The Morgan fingerprint density at radius 2 is 1.98 bits per heavy atom. The number of aromatic nitrogens is 5. The van der Waals surface area contributed by atoms with E-state index in [0.29, 0.717) is 31.1 Å². The van der Waals surface area contributed by atoms with E-state index in [9.17, 15) is 9.59 Å². The average Bonchev–Trinajstić information content (AvgIpc) is 3.47. The number of morpholine rings is 1. The fourth-order valence-electron chi connectivity index (χ4n) is 5.45. The molecule has 0 aliphatic carbocycles. The Morgan fingerprint density at radius 3 is 2.79 bits per heavy atom. The lowest BCUT2D eigenvalue weighted by Gasteiger charge is -2.33. The third-order valence-electron chi connectivity index (χ3n) is 7.51. The van der Waals surface area contributed by atoms with E-state index in [-0.39, 0.29) is 17.9 Å². The van der Waals surface area contributed by atoms with Gasteiger partial charge in [0.2, 0.25) is 5.91 Å². The summed E-state index contributed by atoms with van der Waals surface area (Å²) in [5.41, 5.74) is 4.16. The van der Waals surface area contributed by atoms with Crippen LogP contribution in [0.5, 0.6) is 0 Å². The topological polar surface area (TPSA) is 141 Å². The highest BCUT2D eigenvalue weighted by Crippen LogP contribution is 2.28. The molecule has 2 amide bonds. The van der Waals surface area contributed by atoms with Crippen LogP contribution in [0.2, 0.25) is 0 Å². The molecule has 6 heterocycles. The fourth-order valence-corrected chi connectivity index (χ4v) is 5.45. The van der Waals surface area contributed by atoms with Crippen molar-refractivity contribution in [2.24, 2.45) is 0 Å². The molecule has 1 atom stereocenters. The summed E-state index contributed by atoms with van der Waals surface area (Å²) in [7, 11) is 0. The summed E-state index contributed by atoms with van der Waals surface area (Å²) < 4.78 is 5.48. The van der Waals surface area contributed by atoms with Crippen LogP contribution in [0, 0.1) is 0 Å². The minimum absolute atomic E-state index is 0.0911. The Labute approximate surface area is 243 Å². The van der Waals surface area contributed by atoms with Crippen LogP contribution in [0.3, 0.4) is 0 Å². The van der Waals surface area contributed by atoms with Gasteiger partial charge in [-0.05, 0) is 61.4 Å². The van der Waals surface area contributed by atoms with Crippen LogP contribution in [0.15, 0.2) is 61.7 Å². The molecule has 42 heavy (non-hydrogen) atoms. The summed E-state index contributed by atoms with van der Waals surface area (Å²) >= 11 is 0. The summed E-state index contributed by atoms with van der Waals surface area (Å²) in [4.78, 5) is 50.3. The molecule has 1 unspecified atom stereocenters. The Hall–Kier alpha value is -4.68. The number of likely N-dealkylation sites (tertiary alicyclic amines) is 1. The molecule has 216 valence electrons. The standard InChI is InChI=1S/C30H33N9O3/c1-2-27(40)35-22-4-3-9-38(18-22)17-20-7-8-31-26(14-20)30(41)36-21-5-6-24(32-16-21)25-15-23-28(37-25)33-19-34-29(23)39-10-12-42-13-11-39/h2,5-8,14-16,19,22H,1,3-4,9-13,17-18H2,(H,35,40)(H,36,41)(H,33,34,37). The highest BCUT2D eigenvalue weighted by molar-refractivity contribution is 6.03. The predicted octanol–water partition coefficient (Wildman–Crippen LogP) is 2.77. The average molecular weight is 568 g/mol. The molecule has 2 saturated heterocycles. The van der Waals surface area contributed by atoms with Crippen LogP contribution in [-0.2, 0) is 16.1 Å². The van der Waals surface area contributed by atoms with Gasteiger partial charge < -0.3 is 25.3 Å². The lowest BCUT2D eigenvalue weighted by Crippen LogP contribution is -2.46. The Kier molecular flexibility index (Phi) is 8.15. The van der Waals surface area contributed by atoms with Gasteiger partial charge in [-0.3, -0.25) is 24.5 Å². The first-order valence-corrected chi connectivity index (χ1v) is 14.1. The van der Waals surface area contributed by atoms with E-state index in [2.05, 4.69) is 51.9 Å². The predicted molar refractivity (Wildman–Crippen MR) is 159 cm³/mol. The zero-order chi connectivity index (χ0) is 28.9. The molecule has 12 nitrogen and oxygen atoms in total. The van der Waals surface area contributed by atoms with E-state index in [1.54, 1.807) is 24.8 Å². The number of ether oxygens (including phenoxy) is 1. The van der Waals surface area contributed by atoms with Gasteiger partial charge in [0.25, 0.3) is 5.91 Å². The maximum atomic E-state index is 13.0. The number of hydrogen-bond donors (Lipinski definition) is 3. The van der Waals surface area contributed by atoms with Gasteiger partial charge in [-0.1, -0.05) is 6.58 Å². The lowest BCUT2D eigenvalue weighted by molar-refractivity contribution is -0.117. The second-order valence-corrected chi connectivity index (χ2v) is 10.5. The summed E-state index contributed by atoms with van der Waals surface area (Å²) in [5, 5.41) is 6.81. The second-order valence-electron chi connectivity index (χ2n) is 10.5. The van der Waals surface area contributed by atoms with Gasteiger partial charge >= 0.3 is 0 Å². The van der Waals surface area contributed by atoms with Crippen molar-refractivity contribution in [3.63, 3.8) is 0 Å². The molecule has 2 aliphatic heterocycles.